The molecule has 96 valence electrons. The number of nitrogens with one attached hydrogen (secondary N) is 2. The normalized spacial score (nSPS) is 22.9. The predicted octanol–water partition coefficient (Wildman–Crippen LogP) is 0.0844. The molecule has 0 amide bonds. The number of ether oxygens (including phenoxy) is 1. The van der Waals surface area contributed by atoms with E-state index < -0.39 is 10.0 Å². The summed E-state index contributed by atoms with van der Waals surface area (Å²) in [4.78, 5) is 0. The summed E-state index contributed by atoms with van der Waals surface area (Å²) in [5, 5.41) is 3.28. The molecule has 0 aromatic heterocycles. The largest absolute Gasteiger partial charge is 0.381 e. The third kappa shape index (κ3) is 5.79. The van der Waals surface area contributed by atoms with Crippen molar-refractivity contribution in [3.63, 3.8) is 0 Å². The molecule has 0 radical (unpaired) electrons. The van der Waals surface area contributed by atoms with Gasteiger partial charge in [-0.15, -0.1) is 0 Å². The maximum Gasteiger partial charge on any atom is 0.212 e. The first-order valence-corrected chi connectivity index (χ1v) is 7.58. The lowest BCUT2D eigenvalue weighted by molar-refractivity contribution is 0.142. The molecule has 1 unspecified atom stereocenters. The zero-order valence-electron chi connectivity index (χ0n) is 9.87. The molecule has 1 aliphatic rings. The molecule has 1 atom stereocenters. The third-order valence-electron chi connectivity index (χ3n) is 2.62. The van der Waals surface area contributed by atoms with Crippen molar-refractivity contribution in [2.24, 2.45) is 0 Å². The van der Waals surface area contributed by atoms with Crippen molar-refractivity contribution in [1.82, 2.24) is 10.0 Å². The number of hydrogen-bond acceptors (Lipinski definition) is 4. The topological polar surface area (TPSA) is 67.4 Å². The maximum absolute atomic E-state index is 11.4. The highest BCUT2D eigenvalue weighted by atomic mass is 32.2. The highest BCUT2D eigenvalue weighted by Gasteiger charge is 2.13. The minimum Gasteiger partial charge on any atom is -0.381 e. The fourth-order valence-electron chi connectivity index (χ4n) is 1.80. The SMILES string of the molecule is CCNS(=O)(=O)CCNC1CCCOCC1. The molecule has 0 bridgehead atoms. The van der Waals surface area contributed by atoms with Crippen LogP contribution in [0.15, 0.2) is 0 Å². The van der Waals surface area contributed by atoms with Gasteiger partial charge in [-0.2, -0.15) is 0 Å². The molecule has 16 heavy (non-hydrogen) atoms. The first-order chi connectivity index (χ1) is 7.64. The first kappa shape index (κ1) is 13.9. The van der Waals surface area contributed by atoms with Crippen molar-refractivity contribution in [2.75, 3.05) is 32.1 Å². The monoisotopic (exact) mass is 250 g/mol. The van der Waals surface area contributed by atoms with E-state index in [2.05, 4.69) is 10.0 Å². The van der Waals surface area contributed by atoms with Gasteiger partial charge < -0.3 is 10.1 Å². The Balaban J connectivity index is 2.18. The Morgan fingerprint density at radius 1 is 1.31 bits per heavy atom. The molecule has 1 fully saturated rings. The summed E-state index contributed by atoms with van der Waals surface area (Å²) in [7, 11) is -3.09. The summed E-state index contributed by atoms with van der Waals surface area (Å²) < 4.78 is 30.5. The predicted molar refractivity (Wildman–Crippen MR) is 63.9 cm³/mol. The lowest BCUT2D eigenvalue weighted by atomic mass is 10.1. The number of sulfonamides is 1. The molecule has 1 aliphatic heterocycles. The van der Waals surface area contributed by atoms with Crippen LogP contribution in [0.25, 0.3) is 0 Å². The Hall–Kier alpha value is -0.170. The molecule has 0 aromatic rings. The van der Waals surface area contributed by atoms with Crippen LogP contribution in [-0.2, 0) is 14.8 Å². The minimum atomic E-state index is -3.09. The Morgan fingerprint density at radius 3 is 2.88 bits per heavy atom. The van der Waals surface area contributed by atoms with Crippen molar-refractivity contribution >= 4 is 10.0 Å². The van der Waals surface area contributed by atoms with Crippen molar-refractivity contribution in [2.45, 2.75) is 32.2 Å². The second kappa shape index (κ2) is 7.21. The second-order valence-corrected chi connectivity index (χ2v) is 5.94. The molecule has 2 N–H and O–H groups in total. The fourth-order valence-corrected chi connectivity index (χ4v) is 2.77. The molecule has 0 aliphatic carbocycles. The molecule has 0 spiro atoms. The number of rotatable bonds is 6. The lowest BCUT2D eigenvalue weighted by Gasteiger charge is -2.15. The lowest BCUT2D eigenvalue weighted by Crippen LogP contribution is -2.36. The molecule has 1 heterocycles. The summed E-state index contributed by atoms with van der Waals surface area (Å²) in [6.07, 6.45) is 3.10. The Morgan fingerprint density at radius 2 is 2.12 bits per heavy atom. The Bertz CT molecular complexity index is 272. The van der Waals surface area contributed by atoms with Gasteiger partial charge in [0.15, 0.2) is 0 Å². The molecule has 6 heteroatoms. The molecule has 1 saturated heterocycles. The van der Waals surface area contributed by atoms with E-state index in [1.54, 1.807) is 6.92 Å². The van der Waals surface area contributed by atoms with Gasteiger partial charge in [-0.25, -0.2) is 13.1 Å². The van der Waals surface area contributed by atoms with Crippen LogP contribution in [0, 0.1) is 0 Å². The van der Waals surface area contributed by atoms with Gasteiger partial charge in [0, 0.05) is 32.3 Å². The number of hydrogen-bond donors (Lipinski definition) is 2. The zero-order chi connectivity index (χ0) is 11.9. The second-order valence-electron chi connectivity index (χ2n) is 4.01. The van der Waals surface area contributed by atoms with E-state index in [9.17, 15) is 8.42 Å². The van der Waals surface area contributed by atoms with Crippen molar-refractivity contribution < 1.29 is 13.2 Å². The van der Waals surface area contributed by atoms with Crippen LogP contribution in [0.5, 0.6) is 0 Å². The average Bonchev–Trinajstić information content (AvgIpc) is 2.46. The van der Waals surface area contributed by atoms with Crippen LogP contribution < -0.4 is 10.0 Å². The van der Waals surface area contributed by atoms with Gasteiger partial charge >= 0.3 is 0 Å². The quantitative estimate of drug-likeness (QED) is 0.701. The fraction of sp³-hybridized carbons (Fsp3) is 1.00. The molecule has 0 saturated carbocycles. The van der Waals surface area contributed by atoms with E-state index >= 15 is 0 Å². The molecule has 5 nitrogen and oxygen atoms in total. The van der Waals surface area contributed by atoms with E-state index in [-0.39, 0.29) is 5.75 Å². The maximum atomic E-state index is 11.4. The van der Waals surface area contributed by atoms with Gasteiger partial charge in [0.05, 0.1) is 5.75 Å². The van der Waals surface area contributed by atoms with E-state index in [0.29, 0.717) is 19.1 Å². The molecule has 1 rings (SSSR count). The van der Waals surface area contributed by atoms with Gasteiger partial charge in [0.2, 0.25) is 10.0 Å². The Kier molecular flexibility index (Phi) is 6.26. The smallest absolute Gasteiger partial charge is 0.212 e. The third-order valence-corrected chi connectivity index (χ3v) is 4.09. The average molecular weight is 250 g/mol. The van der Waals surface area contributed by atoms with E-state index in [0.717, 1.165) is 32.5 Å². The highest BCUT2D eigenvalue weighted by Crippen LogP contribution is 2.07. The molecular formula is C10H22N2O3S. The zero-order valence-corrected chi connectivity index (χ0v) is 10.7. The van der Waals surface area contributed by atoms with Crippen LogP contribution in [0.1, 0.15) is 26.2 Å². The Labute approximate surface area is 98.0 Å². The van der Waals surface area contributed by atoms with Crippen LogP contribution in [0.2, 0.25) is 0 Å². The highest BCUT2D eigenvalue weighted by molar-refractivity contribution is 7.89. The van der Waals surface area contributed by atoms with E-state index in [4.69, 9.17) is 4.74 Å². The van der Waals surface area contributed by atoms with Crippen molar-refractivity contribution in [3.8, 4) is 0 Å². The van der Waals surface area contributed by atoms with Gasteiger partial charge in [-0.3, -0.25) is 0 Å². The van der Waals surface area contributed by atoms with Crippen LogP contribution in [-0.4, -0.2) is 46.5 Å². The summed E-state index contributed by atoms with van der Waals surface area (Å²) >= 11 is 0. The summed E-state index contributed by atoms with van der Waals surface area (Å²) in [5.41, 5.74) is 0. The van der Waals surface area contributed by atoms with E-state index in [1.165, 1.54) is 0 Å². The summed E-state index contributed by atoms with van der Waals surface area (Å²) in [6.45, 7) is 4.36. The van der Waals surface area contributed by atoms with Crippen LogP contribution in [0.3, 0.4) is 0 Å². The van der Waals surface area contributed by atoms with Crippen molar-refractivity contribution in [1.29, 1.82) is 0 Å². The van der Waals surface area contributed by atoms with Crippen LogP contribution >= 0.6 is 0 Å². The minimum absolute atomic E-state index is 0.151. The summed E-state index contributed by atoms with van der Waals surface area (Å²) in [6, 6.07) is 0.402. The summed E-state index contributed by atoms with van der Waals surface area (Å²) in [5.74, 6) is 0.151. The van der Waals surface area contributed by atoms with Gasteiger partial charge in [0.25, 0.3) is 0 Å². The first-order valence-electron chi connectivity index (χ1n) is 5.92. The van der Waals surface area contributed by atoms with E-state index in [1.807, 2.05) is 0 Å². The van der Waals surface area contributed by atoms with Crippen LogP contribution in [0.4, 0.5) is 0 Å². The molecule has 0 aromatic carbocycles. The van der Waals surface area contributed by atoms with Gasteiger partial charge in [0.1, 0.15) is 0 Å². The van der Waals surface area contributed by atoms with Gasteiger partial charge in [-0.1, -0.05) is 6.92 Å². The standard InChI is InChI=1S/C10H22N2O3S/c1-2-12-16(13,14)9-6-11-10-4-3-7-15-8-5-10/h10-12H,2-9H2,1H3. The van der Waals surface area contributed by atoms with Gasteiger partial charge in [-0.05, 0) is 19.3 Å². The van der Waals surface area contributed by atoms with Crippen molar-refractivity contribution in [3.05, 3.63) is 0 Å². The molecular weight excluding hydrogens is 228 g/mol.